The van der Waals surface area contributed by atoms with Crippen molar-refractivity contribution in [1.82, 2.24) is 0 Å². The van der Waals surface area contributed by atoms with Crippen molar-refractivity contribution in [3.8, 4) is 0 Å². The van der Waals surface area contributed by atoms with E-state index in [4.69, 9.17) is 5.11 Å². The van der Waals surface area contributed by atoms with E-state index >= 15 is 0 Å². The fourth-order valence-electron chi connectivity index (χ4n) is 2.15. The summed E-state index contributed by atoms with van der Waals surface area (Å²) in [6, 6.07) is 0.116. The summed E-state index contributed by atoms with van der Waals surface area (Å²) >= 11 is 0. The monoisotopic (exact) mass is 221 g/mol. The molecule has 84 valence electrons. The largest absolute Gasteiger partial charge is 1.00 e. The van der Waals surface area contributed by atoms with E-state index in [0.717, 1.165) is 5.92 Å². The molecule has 0 saturated heterocycles. The first kappa shape index (κ1) is 13.7. The number of aliphatic carboxylic acids is 1. The third kappa shape index (κ3) is 4.29. The molecular weight excluding hydrogens is 202 g/mol. The predicted molar refractivity (Wildman–Crippen MR) is 50.1 cm³/mol. The number of rotatable bonds is 3. The van der Waals surface area contributed by atoms with Crippen molar-refractivity contribution < 1.29 is 28.0 Å². The summed E-state index contributed by atoms with van der Waals surface area (Å²) in [4.78, 5) is 10.5. The molecule has 1 aliphatic rings. The first-order valence-corrected chi connectivity index (χ1v) is 5.14. The van der Waals surface area contributed by atoms with E-state index in [1.54, 1.807) is 0 Å². The molecule has 1 rings (SSSR count). The Morgan fingerprint density at radius 1 is 1.43 bits per heavy atom. The quantitative estimate of drug-likeness (QED) is 0.574. The molecule has 0 aromatic heterocycles. The van der Waals surface area contributed by atoms with Crippen LogP contribution in [-0.4, -0.2) is 17.1 Å². The number of carboxylic acids is 1. The maximum absolute atomic E-state index is 10.5. The van der Waals surface area contributed by atoms with Crippen LogP contribution in [0.15, 0.2) is 0 Å². The lowest BCUT2D eigenvalue weighted by atomic mass is 9.79. The Morgan fingerprint density at radius 2 is 1.93 bits per heavy atom. The van der Waals surface area contributed by atoms with Gasteiger partial charge in [0.25, 0.3) is 0 Å². The summed E-state index contributed by atoms with van der Waals surface area (Å²) in [5, 5.41) is 8.63. The maximum Gasteiger partial charge on any atom is 0.309 e. The second kappa shape index (κ2) is 6.25. The van der Waals surface area contributed by atoms with E-state index in [1.807, 2.05) is 0 Å². The Hall–Kier alpha value is -0.280. The predicted octanol–water partition coefficient (Wildman–Crippen LogP) is -2.10. The zero-order valence-corrected chi connectivity index (χ0v) is 9.46. The molecule has 14 heavy (non-hydrogen) atoms. The number of carbonyl (C=O) groups is 1. The molecule has 4 heteroatoms. The van der Waals surface area contributed by atoms with Crippen LogP contribution in [0, 0.1) is 11.8 Å². The first-order chi connectivity index (χ1) is 6.09. The van der Waals surface area contributed by atoms with Crippen LogP contribution in [-0.2, 0) is 4.79 Å². The van der Waals surface area contributed by atoms with Gasteiger partial charge in [-0.15, -0.1) is 0 Å². The molecule has 0 aromatic carbocycles. The van der Waals surface area contributed by atoms with Crippen molar-refractivity contribution in [3.05, 3.63) is 0 Å². The third-order valence-electron chi connectivity index (χ3n) is 3.16. The van der Waals surface area contributed by atoms with Crippen molar-refractivity contribution in [1.29, 1.82) is 0 Å². The van der Waals surface area contributed by atoms with Crippen LogP contribution >= 0.6 is 0 Å². The normalized spacial score (nSPS) is 29.0. The summed E-state index contributed by atoms with van der Waals surface area (Å²) in [5.41, 5.74) is 3.95. The topological polar surface area (TPSA) is 64.9 Å². The van der Waals surface area contributed by atoms with E-state index in [9.17, 15) is 4.79 Å². The summed E-state index contributed by atoms with van der Waals surface area (Å²) in [7, 11) is 0. The Bertz CT molecular complexity index is 179. The first-order valence-electron chi connectivity index (χ1n) is 5.14. The van der Waals surface area contributed by atoms with E-state index in [-0.39, 0.29) is 24.9 Å². The molecule has 1 unspecified atom stereocenters. The standard InChI is InChI=1S/C10H19NO2.ClH/c1-7-2-4-8(5-3-7)9(11)6-10(12)13;/h7-9H,2-6,11H2,1H3,(H,12,13);1H. The third-order valence-corrected chi connectivity index (χ3v) is 3.16. The molecule has 1 fully saturated rings. The average Bonchev–Trinajstić information content (AvgIpc) is 2.04. The van der Waals surface area contributed by atoms with Gasteiger partial charge in [-0.25, -0.2) is 0 Å². The molecule has 4 N–H and O–H groups in total. The fraction of sp³-hybridized carbons (Fsp3) is 0.900. The Labute approximate surface area is 91.5 Å². The molecule has 0 aromatic rings. The molecule has 1 atom stereocenters. The highest BCUT2D eigenvalue weighted by molar-refractivity contribution is 5.67. The molecule has 0 heterocycles. The summed E-state index contributed by atoms with van der Waals surface area (Å²) < 4.78 is 0. The minimum atomic E-state index is -0.710. The lowest BCUT2D eigenvalue weighted by Gasteiger charge is -2.27. The number of quaternary nitrogens is 1. The Kier molecular flexibility index (Phi) is 6.12. The van der Waals surface area contributed by atoms with Gasteiger partial charge in [-0.1, -0.05) is 19.8 Å². The van der Waals surface area contributed by atoms with Crippen molar-refractivity contribution in [3.63, 3.8) is 0 Å². The molecule has 1 saturated carbocycles. The Balaban J connectivity index is 0.00000169. The summed E-state index contributed by atoms with van der Waals surface area (Å²) in [5.74, 6) is 0.666. The summed E-state index contributed by atoms with van der Waals surface area (Å²) in [6.07, 6.45) is 5.07. The minimum absolute atomic E-state index is 0. The van der Waals surface area contributed by atoms with Crippen molar-refractivity contribution >= 4 is 5.97 Å². The smallest absolute Gasteiger partial charge is 0.309 e. The van der Waals surface area contributed by atoms with Crippen LogP contribution in [0.4, 0.5) is 0 Å². The highest BCUT2D eigenvalue weighted by Crippen LogP contribution is 2.29. The van der Waals surface area contributed by atoms with Gasteiger partial charge < -0.3 is 23.2 Å². The molecule has 0 amide bonds. The highest BCUT2D eigenvalue weighted by atomic mass is 35.5. The van der Waals surface area contributed by atoms with Gasteiger partial charge in [0.05, 0.1) is 12.5 Å². The number of carboxylic acid groups (broad SMARTS) is 1. The number of hydrogen-bond donors (Lipinski definition) is 2. The zero-order chi connectivity index (χ0) is 9.84. The fourth-order valence-corrected chi connectivity index (χ4v) is 2.15. The van der Waals surface area contributed by atoms with Crippen molar-refractivity contribution in [2.45, 2.75) is 45.1 Å². The lowest BCUT2D eigenvalue weighted by molar-refractivity contribution is -0.434. The van der Waals surface area contributed by atoms with Crippen molar-refractivity contribution in [2.24, 2.45) is 11.8 Å². The van der Waals surface area contributed by atoms with E-state index < -0.39 is 5.97 Å². The van der Waals surface area contributed by atoms with E-state index in [0.29, 0.717) is 5.92 Å². The van der Waals surface area contributed by atoms with E-state index in [2.05, 4.69) is 12.7 Å². The maximum atomic E-state index is 10.5. The van der Waals surface area contributed by atoms with E-state index in [1.165, 1.54) is 25.7 Å². The van der Waals surface area contributed by atoms with Gasteiger partial charge in [0.15, 0.2) is 0 Å². The van der Waals surface area contributed by atoms with Crippen LogP contribution in [0.1, 0.15) is 39.0 Å². The number of halogens is 1. The lowest BCUT2D eigenvalue weighted by Crippen LogP contribution is -3.00. The highest BCUT2D eigenvalue weighted by Gasteiger charge is 2.27. The van der Waals surface area contributed by atoms with Gasteiger partial charge in [-0.3, -0.25) is 4.79 Å². The SMILES string of the molecule is CC1CCC(C([NH3+])CC(=O)O)CC1.[Cl-]. The van der Waals surface area contributed by atoms with Crippen LogP contribution in [0.25, 0.3) is 0 Å². The Morgan fingerprint density at radius 3 is 2.36 bits per heavy atom. The number of hydrogen-bond acceptors (Lipinski definition) is 1. The molecule has 1 aliphatic carbocycles. The van der Waals surface area contributed by atoms with Gasteiger partial charge in [0.1, 0.15) is 0 Å². The van der Waals surface area contributed by atoms with Crippen LogP contribution < -0.4 is 18.1 Å². The minimum Gasteiger partial charge on any atom is -1.00 e. The molecule has 3 nitrogen and oxygen atoms in total. The van der Waals surface area contributed by atoms with Crippen LogP contribution in [0.3, 0.4) is 0 Å². The van der Waals surface area contributed by atoms with Crippen molar-refractivity contribution in [2.75, 3.05) is 0 Å². The zero-order valence-electron chi connectivity index (χ0n) is 8.71. The van der Waals surface area contributed by atoms with Crippen LogP contribution in [0.5, 0.6) is 0 Å². The van der Waals surface area contributed by atoms with Gasteiger partial charge >= 0.3 is 5.97 Å². The van der Waals surface area contributed by atoms with Gasteiger partial charge in [0.2, 0.25) is 0 Å². The molecule has 0 bridgehead atoms. The van der Waals surface area contributed by atoms with Gasteiger partial charge in [-0.2, -0.15) is 0 Å². The second-order valence-corrected chi connectivity index (χ2v) is 4.38. The average molecular weight is 222 g/mol. The molecule has 0 radical (unpaired) electrons. The van der Waals surface area contributed by atoms with Crippen LogP contribution in [0.2, 0.25) is 0 Å². The van der Waals surface area contributed by atoms with Gasteiger partial charge in [-0.05, 0) is 18.8 Å². The molecule has 0 spiro atoms. The second-order valence-electron chi connectivity index (χ2n) is 4.38. The molecule has 0 aliphatic heterocycles. The van der Waals surface area contributed by atoms with Gasteiger partial charge in [0, 0.05) is 5.92 Å². The summed E-state index contributed by atoms with van der Waals surface area (Å²) in [6.45, 7) is 2.27. The molecular formula is C10H20ClNO2.